The minimum atomic E-state index is -0.653. The number of aldehydes is 1. The fourth-order valence-corrected chi connectivity index (χ4v) is 1.29. The van der Waals surface area contributed by atoms with Gasteiger partial charge in [-0.15, -0.1) is 0 Å². The average molecular weight is 253 g/mol. The van der Waals surface area contributed by atoms with Gasteiger partial charge in [-0.1, -0.05) is 6.07 Å². The molecular weight excluding hydrogens is 237 g/mol. The van der Waals surface area contributed by atoms with Gasteiger partial charge in [-0.3, -0.25) is 9.59 Å². The summed E-state index contributed by atoms with van der Waals surface area (Å²) in [7, 11) is 1.64. The number of nitrogens with zero attached hydrogens (tertiary/aromatic N) is 1. The largest absolute Gasteiger partial charge is 0.480 e. The van der Waals surface area contributed by atoms with Crippen LogP contribution in [-0.4, -0.2) is 36.8 Å². The first-order valence-corrected chi connectivity index (χ1v) is 5.59. The van der Waals surface area contributed by atoms with Gasteiger partial charge in [-0.2, -0.15) is 0 Å². The molecule has 0 N–H and O–H groups in total. The Balaban J connectivity index is 2.75. The topological polar surface area (TPSA) is 46.6 Å². The van der Waals surface area contributed by atoms with Gasteiger partial charge in [-0.25, -0.2) is 4.39 Å². The molecule has 1 rings (SSSR count). The van der Waals surface area contributed by atoms with Gasteiger partial charge >= 0.3 is 0 Å². The zero-order valence-corrected chi connectivity index (χ0v) is 10.6. The van der Waals surface area contributed by atoms with Crippen LogP contribution in [-0.2, 0) is 4.79 Å². The van der Waals surface area contributed by atoms with E-state index in [2.05, 4.69) is 0 Å². The summed E-state index contributed by atoms with van der Waals surface area (Å²) in [5.41, 5.74) is 0.0926. The van der Waals surface area contributed by atoms with Gasteiger partial charge in [0.25, 0.3) is 5.91 Å². The minimum absolute atomic E-state index is 0.0345. The number of likely N-dealkylation sites (N-methyl/N-ethyl adjacent to an activating group) is 1. The maximum atomic E-state index is 13.4. The van der Waals surface area contributed by atoms with E-state index in [4.69, 9.17) is 4.74 Å². The van der Waals surface area contributed by atoms with Crippen molar-refractivity contribution in [2.75, 3.05) is 13.7 Å². The number of rotatable bonds is 5. The number of ether oxygens (including phenoxy) is 1. The molecule has 4 nitrogen and oxygen atoms in total. The van der Waals surface area contributed by atoms with Crippen LogP contribution in [0.1, 0.15) is 24.2 Å². The van der Waals surface area contributed by atoms with Gasteiger partial charge in [0.1, 0.15) is 0 Å². The lowest BCUT2D eigenvalue weighted by Crippen LogP contribution is -2.36. The number of amides is 1. The Bertz CT molecular complexity index is 446. The Morgan fingerprint density at radius 3 is 2.72 bits per heavy atom. The van der Waals surface area contributed by atoms with Crippen LogP contribution in [0.4, 0.5) is 4.39 Å². The maximum Gasteiger partial charge on any atom is 0.260 e. The molecule has 0 heterocycles. The first kappa shape index (κ1) is 14.2. The monoisotopic (exact) mass is 253 g/mol. The van der Waals surface area contributed by atoms with Gasteiger partial charge in [0.05, 0.1) is 5.56 Å². The molecule has 0 unspecified atom stereocenters. The highest BCUT2D eigenvalue weighted by molar-refractivity contribution is 5.81. The lowest BCUT2D eigenvalue weighted by Gasteiger charge is -2.21. The number of halogens is 1. The second-order valence-corrected chi connectivity index (χ2v) is 4.16. The molecular formula is C13H16FNO3. The molecule has 98 valence electrons. The molecule has 0 fully saturated rings. The van der Waals surface area contributed by atoms with Crippen LogP contribution in [0.5, 0.6) is 5.75 Å². The number of hydrogen-bond acceptors (Lipinski definition) is 3. The van der Waals surface area contributed by atoms with Crippen LogP contribution >= 0.6 is 0 Å². The standard InChI is InChI=1S/C13H16FNO3/c1-9(2)15(3)12(17)8-18-13-10(7-16)5-4-6-11(13)14/h4-7,9H,8H2,1-3H3. The molecule has 0 saturated carbocycles. The molecule has 0 atom stereocenters. The van der Waals surface area contributed by atoms with Crippen LogP contribution in [0.15, 0.2) is 18.2 Å². The Hall–Kier alpha value is -1.91. The van der Waals surface area contributed by atoms with E-state index in [0.717, 1.165) is 0 Å². The second-order valence-electron chi connectivity index (χ2n) is 4.16. The van der Waals surface area contributed by atoms with Crippen LogP contribution in [0.2, 0.25) is 0 Å². The van der Waals surface area contributed by atoms with Gasteiger partial charge < -0.3 is 9.64 Å². The lowest BCUT2D eigenvalue weighted by molar-refractivity contribution is -0.133. The Labute approximate surface area is 105 Å². The molecule has 0 aromatic heterocycles. The maximum absolute atomic E-state index is 13.4. The molecule has 0 radical (unpaired) electrons. The number of hydrogen-bond donors (Lipinski definition) is 0. The predicted molar refractivity (Wildman–Crippen MR) is 65.2 cm³/mol. The van der Waals surface area contributed by atoms with Crippen molar-refractivity contribution in [2.45, 2.75) is 19.9 Å². The van der Waals surface area contributed by atoms with Crippen LogP contribution < -0.4 is 4.74 Å². The Kier molecular flexibility index (Phi) is 4.83. The lowest BCUT2D eigenvalue weighted by atomic mass is 10.2. The highest BCUT2D eigenvalue weighted by Gasteiger charge is 2.15. The van der Waals surface area contributed by atoms with Crippen molar-refractivity contribution in [1.29, 1.82) is 0 Å². The summed E-state index contributed by atoms with van der Waals surface area (Å²) < 4.78 is 18.5. The fourth-order valence-electron chi connectivity index (χ4n) is 1.29. The molecule has 5 heteroatoms. The van der Waals surface area contributed by atoms with E-state index in [9.17, 15) is 14.0 Å². The van der Waals surface area contributed by atoms with Crippen molar-refractivity contribution in [3.05, 3.63) is 29.6 Å². The third-order valence-corrected chi connectivity index (χ3v) is 2.63. The SMILES string of the molecule is CC(C)N(C)C(=O)COc1c(F)cccc1C=O. The van der Waals surface area contributed by atoms with Crippen molar-refractivity contribution in [2.24, 2.45) is 0 Å². The van der Waals surface area contributed by atoms with Crippen LogP contribution in [0.3, 0.4) is 0 Å². The first-order chi connectivity index (χ1) is 8.47. The number of carbonyl (C=O) groups is 2. The van der Waals surface area contributed by atoms with E-state index in [-0.39, 0.29) is 29.9 Å². The third kappa shape index (κ3) is 3.29. The number of carbonyl (C=O) groups excluding carboxylic acids is 2. The van der Waals surface area contributed by atoms with E-state index in [1.54, 1.807) is 7.05 Å². The summed E-state index contributed by atoms with van der Waals surface area (Å²) in [5.74, 6) is -1.11. The average Bonchev–Trinajstić information content (AvgIpc) is 2.35. The molecule has 1 aromatic carbocycles. The Morgan fingerprint density at radius 2 is 2.17 bits per heavy atom. The quantitative estimate of drug-likeness (QED) is 0.753. The first-order valence-electron chi connectivity index (χ1n) is 5.59. The smallest absolute Gasteiger partial charge is 0.260 e. The Morgan fingerprint density at radius 1 is 1.50 bits per heavy atom. The van der Waals surface area contributed by atoms with Crippen molar-refractivity contribution in [3.8, 4) is 5.75 Å². The van der Waals surface area contributed by atoms with Gasteiger partial charge in [0.2, 0.25) is 0 Å². The second kappa shape index (κ2) is 6.14. The number of para-hydroxylation sites is 1. The number of benzene rings is 1. The summed E-state index contributed by atoms with van der Waals surface area (Å²) in [5, 5.41) is 0. The minimum Gasteiger partial charge on any atom is -0.480 e. The summed E-state index contributed by atoms with van der Waals surface area (Å²) in [4.78, 5) is 23.9. The van der Waals surface area contributed by atoms with Crippen LogP contribution in [0, 0.1) is 5.82 Å². The van der Waals surface area contributed by atoms with E-state index in [1.807, 2.05) is 13.8 Å². The zero-order chi connectivity index (χ0) is 13.7. The summed E-state index contributed by atoms with van der Waals surface area (Å²) in [6.45, 7) is 3.42. The predicted octanol–water partition coefficient (Wildman–Crippen LogP) is 1.88. The summed E-state index contributed by atoms with van der Waals surface area (Å²) >= 11 is 0. The molecule has 0 saturated heterocycles. The molecule has 0 aliphatic rings. The van der Waals surface area contributed by atoms with Crippen molar-refractivity contribution >= 4 is 12.2 Å². The van der Waals surface area contributed by atoms with Gasteiger partial charge in [0, 0.05) is 13.1 Å². The zero-order valence-electron chi connectivity index (χ0n) is 10.6. The van der Waals surface area contributed by atoms with Crippen molar-refractivity contribution in [1.82, 2.24) is 4.90 Å². The molecule has 1 amide bonds. The highest BCUT2D eigenvalue weighted by Crippen LogP contribution is 2.21. The summed E-state index contributed by atoms with van der Waals surface area (Å²) in [6, 6.07) is 4.06. The molecule has 1 aromatic rings. The van der Waals surface area contributed by atoms with E-state index < -0.39 is 5.82 Å². The summed E-state index contributed by atoms with van der Waals surface area (Å²) in [6.07, 6.45) is 0.495. The third-order valence-electron chi connectivity index (χ3n) is 2.63. The van der Waals surface area contributed by atoms with Crippen LogP contribution in [0.25, 0.3) is 0 Å². The molecule has 0 bridgehead atoms. The van der Waals surface area contributed by atoms with E-state index in [1.165, 1.54) is 23.1 Å². The molecule has 18 heavy (non-hydrogen) atoms. The fraction of sp³-hybridized carbons (Fsp3) is 0.385. The van der Waals surface area contributed by atoms with Crippen molar-refractivity contribution in [3.63, 3.8) is 0 Å². The normalized spacial score (nSPS) is 10.3. The molecule has 0 aliphatic heterocycles. The molecule has 0 spiro atoms. The highest BCUT2D eigenvalue weighted by atomic mass is 19.1. The van der Waals surface area contributed by atoms with E-state index >= 15 is 0 Å². The van der Waals surface area contributed by atoms with E-state index in [0.29, 0.717) is 6.29 Å². The molecule has 0 aliphatic carbocycles. The van der Waals surface area contributed by atoms with Gasteiger partial charge in [0.15, 0.2) is 24.5 Å². The van der Waals surface area contributed by atoms with Crippen molar-refractivity contribution < 1.29 is 18.7 Å². The van der Waals surface area contributed by atoms with Gasteiger partial charge in [-0.05, 0) is 26.0 Å².